The zero-order valence-corrected chi connectivity index (χ0v) is 11.2. The Bertz CT molecular complexity index is 350. The van der Waals surface area contributed by atoms with Crippen molar-refractivity contribution in [1.82, 2.24) is 4.90 Å². The van der Waals surface area contributed by atoms with E-state index in [0.717, 1.165) is 18.7 Å². The second-order valence-corrected chi connectivity index (χ2v) is 4.99. The molecule has 0 atom stereocenters. The van der Waals surface area contributed by atoms with Crippen molar-refractivity contribution in [2.24, 2.45) is 0 Å². The van der Waals surface area contributed by atoms with E-state index in [4.69, 9.17) is 4.74 Å². The van der Waals surface area contributed by atoms with Gasteiger partial charge < -0.3 is 9.84 Å². The van der Waals surface area contributed by atoms with Gasteiger partial charge in [-0.1, -0.05) is 12.1 Å². The van der Waals surface area contributed by atoms with Gasteiger partial charge >= 0.3 is 0 Å². The first-order valence-electron chi connectivity index (χ1n) is 5.94. The summed E-state index contributed by atoms with van der Waals surface area (Å²) in [6.45, 7) is 5.17. The number of hydrogen-bond acceptors (Lipinski definition) is 3. The minimum atomic E-state index is -0.168. The third-order valence-corrected chi connectivity index (χ3v) is 3.29. The molecule has 1 aromatic carbocycles. The Balaban J connectivity index is 2.55. The Kier molecular flexibility index (Phi) is 4.97. The highest BCUT2D eigenvalue weighted by atomic mass is 16.5. The van der Waals surface area contributed by atoms with Crippen molar-refractivity contribution in [3.05, 3.63) is 29.8 Å². The molecule has 0 spiro atoms. The second kappa shape index (κ2) is 6.03. The Hall–Kier alpha value is -1.06. The molecule has 0 heterocycles. The SMILES string of the molecule is COc1cccc(CCN(C)C(C)(C)CO)c1. The van der Waals surface area contributed by atoms with E-state index < -0.39 is 0 Å². The van der Waals surface area contributed by atoms with Crippen LogP contribution in [0.2, 0.25) is 0 Å². The van der Waals surface area contributed by atoms with E-state index in [1.54, 1.807) is 7.11 Å². The summed E-state index contributed by atoms with van der Waals surface area (Å²) in [7, 11) is 3.72. The van der Waals surface area contributed by atoms with E-state index in [1.807, 2.05) is 33.0 Å². The second-order valence-electron chi connectivity index (χ2n) is 4.99. The lowest BCUT2D eigenvalue weighted by Crippen LogP contribution is -2.45. The summed E-state index contributed by atoms with van der Waals surface area (Å²) >= 11 is 0. The van der Waals surface area contributed by atoms with Gasteiger partial charge in [0, 0.05) is 12.1 Å². The molecule has 0 aromatic heterocycles. The lowest BCUT2D eigenvalue weighted by Gasteiger charge is -2.33. The molecule has 1 N–H and O–H groups in total. The fourth-order valence-electron chi connectivity index (χ4n) is 1.55. The third kappa shape index (κ3) is 4.02. The normalized spacial score (nSPS) is 11.9. The summed E-state index contributed by atoms with van der Waals surface area (Å²) in [5, 5.41) is 9.28. The zero-order valence-electron chi connectivity index (χ0n) is 11.2. The molecule has 0 amide bonds. The first-order valence-corrected chi connectivity index (χ1v) is 5.94. The van der Waals surface area contributed by atoms with E-state index in [1.165, 1.54) is 5.56 Å². The number of methoxy groups -OCH3 is 1. The van der Waals surface area contributed by atoms with Crippen molar-refractivity contribution in [1.29, 1.82) is 0 Å². The first-order chi connectivity index (χ1) is 7.99. The molecule has 0 fully saturated rings. The van der Waals surface area contributed by atoms with Crippen molar-refractivity contribution in [2.75, 3.05) is 27.3 Å². The summed E-state index contributed by atoms with van der Waals surface area (Å²) < 4.78 is 5.20. The average molecular weight is 237 g/mol. The maximum Gasteiger partial charge on any atom is 0.119 e. The van der Waals surface area contributed by atoms with Gasteiger partial charge in [-0.05, 0) is 45.0 Å². The van der Waals surface area contributed by atoms with E-state index >= 15 is 0 Å². The van der Waals surface area contributed by atoms with Crippen LogP contribution in [0.3, 0.4) is 0 Å². The summed E-state index contributed by atoms with van der Waals surface area (Å²) in [4.78, 5) is 2.17. The monoisotopic (exact) mass is 237 g/mol. The zero-order chi connectivity index (χ0) is 12.9. The summed E-state index contributed by atoms with van der Waals surface area (Å²) in [6, 6.07) is 8.11. The topological polar surface area (TPSA) is 32.7 Å². The maximum atomic E-state index is 9.28. The highest BCUT2D eigenvalue weighted by molar-refractivity contribution is 5.28. The molecule has 0 aliphatic rings. The van der Waals surface area contributed by atoms with Gasteiger partial charge in [-0.15, -0.1) is 0 Å². The standard InChI is InChI=1S/C14H23NO2/c1-14(2,11-16)15(3)9-8-12-6-5-7-13(10-12)17-4/h5-7,10,16H,8-9,11H2,1-4H3. The Morgan fingerprint density at radius 1 is 1.35 bits per heavy atom. The first kappa shape index (κ1) is 14.0. The van der Waals surface area contributed by atoms with Crippen molar-refractivity contribution in [3.8, 4) is 5.75 Å². The predicted octanol–water partition coefficient (Wildman–Crippen LogP) is 1.94. The van der Waals surface area contributed by atoms with Crippen molar-refractivity contribution >= 4 is 0 Å². The van der Waals surface area contributed by atoms with Gasteiger partial charge in [0.15, 0.2) is 0 Å². The van der Waals surface area contributed by atoms with Crippen LogP contribution >= 0.6 is 0 Å². The number of rotatable bonds is 6. The van der Waals surface area contributed by atoms with Crippen molar-refractivity contribution in [2.45, 2.75) is 25.8 Å². The highest BCUT2D eigenvalue weighted by Crippen LogP contribution is 2.15. The largest absolute Gasteiger partial charge is 0.497 e. The molecule has 1 rings (SSSR count). The van der Waals surface area contributed by atoms with Crippen LogP contribution in [0.15, 0.2) is 24.3 Å². The molecule has 0 aliphatic carbocycles. The quantitative estimate of drug-likeness (QED) is 0.820. The smallest absolute Gasteiger partial charge is 0.119 e. The van der Waals surface area contributed by atoms with Crippen LogP contribution in [-0.2, 0) is 6.42 Å². The van der Waals surface area contributed by atoms with Crippen molar-refractivity contribution in [3.63, 3.8) is 0 Å². The molecule has 0 radical (unpaired) electrons. The molecular formula is C14H23NO2. The highest BCUT2D eigenvalue weighted by Gasteiger charge is 2.21. The number of nitrogens with zero attached hydrogens (tertiary/aromatic N) is 1. The minimum absolute atomic E-state index is 0.168. The fraction of sp³-hybridized carbons (Fsp3) is 0.571. The number of ether oxygens (including phenoxy) is 1. The Morgan fingerprint density at radius 2 is 2.06 bits per heavy atom. The van der Waals surface area contributed by atoms with Gasteiger partial charge in [0.1, 0.15) is 5.75 Å². The van der Waals surface area contributed by atoms with Crippen molar-refractivity contribution < 1.29 is 9.84 Å². The third-order valence-electron chi connectivity index (χ3n) is 3.29. The Morgan fingerprint density at radius 3 is 2.65 bits per heavy atom. The molecule has 3 heteroatoms. The number of likely N-dealkylation sites (N-methyl/N-ethyl adjacent to an activating group) is 1. The molecular weight excluding hydrogens is 214 g/mol. The maximum absolute atomic E-state index is 9.28. The Labute approximate surface area is 104 Å². The van der Waals surface area contributed by atoms with Gasteiger partial charge in [-0.25, -0.2) is 0 Å². The van der Waals surface area contributed by atoms with Gasteiger partial charge in [0.2, 0.25) is 0 Å². The molecule has 0 saturated heterocycles. The molecule has 3 nitrogen and oxygen atoms in total. The van der Waals surface area contributed by atoms with E-state index in [0.29, 0.717) is 0 Å². The van der Waals surface area contributed by atoms with Crippen LogP contribution in [0.25, 0.3) is 0 Å². The number of benzene rings is 1. The van der Waals surface area contributed by atoms with Gasteiger partial charge in [0.05, 0.1) is 13.7 Å². The van der Waals surface area contributed by atoms with Crippen LogP contribution in [-0.4, -0.2) is 42.9 Å². The number of aliphatic hydroxyl groups excluding tert-OH is 1. The van der Waals surface area contributed by atoms with Crippen LogP contribution < -0.4 is 4.74 Å². The van der Waals surface area contributed by atoms with Gasteiger partial charge in [-0.2, -0.15) is 0 Å². The van der Waals surface area contributed by atoms with Crippen LogP contribution in [0.1, 0.15) is 19.4 Å². The molecule has 0 unspecified atom stereocenters. The van der Waals surface area contributed by atoms with E-state index in [2.05, 4.69) is 17.0 Å². The summed E-state index contributed by atoms with van der Waals surface area (Å²) in [6.07, 6.45) is 0.955. The lowest BCUT2D eigenvalue weighted by molar-refractivity contribution is 0.0800. The number of hydrogen-bond donors (Lipinski definition) is 1. The molecule has 0 bridgehead atoms. The van der Waals surface area contributed by atoms with Crippen LogP contribution in [0, 0.1) is 0 Å². The predicted molar refractivity (Wildman–Crippen MR) is 70.5 cm³/mol. The minimum Gasteiger partial charge on any atom is -0.497 e. The molecule has 0 saturated carbocycles. The molecule has 0 aliphatic heterocycles. The van der Waals surface area contributed by atoms with Gasteiger partial charge in [-0.3, -0.25) is 4.90 Å². The van der Waals surface area contributed by atoms with E-state index in [9.17, 15) is 5.11 Å². The number of aliphatic hydroxyl groups is 1. The lowest BCUT2D eigenvalue weighted by atomic mass is 10.0. The summed E-state index contributed by atoms with van der Waals surface area (Å²) in [5.41, 5.74) is 1.09. The van der Waals surface area contributed by atoms with Gasteiger partial charge in [0.25, 0.3) is 0 Å². The van der Waals surface area contributed by atoms with E-state index in [-0.39, 0.29) is 12.1 Å². The summed E-state index contributed by atoms with van der Waals surface area (Å²) in [5.74, 6) is 0.895. The average Bonchev–Trinajstić information content (AvgIpc) is 2.36. The fourth-order valence-corrected chi connectivity index (χ4v) is 1.55. The molecule has 1 aromatic rings. The van der Waals surface area contributed by atoms with Crippen LogP contribution in [0.5, 0.6) is 5.75 Å². The molecule has 96 valence electrons. The molecule has 17 heavy (non-hydrogen) atoms. The van der Waals surface area contributed by atoms with Crippen LogP contribution in [0.4, 0.5) is 0 Å².